The maximum Gasteiger partial charge on any atom is 0.266 e. The number of rotatable bonds is 8. The topological polar surface area (TPSA) is 41.9 Å². The first-order valence-corrected chi connectivity index (χ1v) is 13.5. The van der Waals surface area contributed by atoms with Gasteiger partial charge in [-0.3, -0.25) is 9.69 Å². The molecule has 4 nitrogen and oxygen atoms in total. The predicted octanol–water partition coefficient (Wildman–Crippen LogP) is 8.13. The third-order valence-corrected chi connectivity index (χ3v) is 7.36. The van der Waals surface area contributed by atoms with Gasteiger partial charge in [0.25, 0.3) is 5.91 Å². The summed E-state index contributed by atoms with van der Waals surface area (Å²) in [5, 5.41) is 3.10. The number of fused-ring (bicyclic) bond motifs is 1. The lowest BCUT2D eigenvalue weighted by molar-refractivity contribution is -0.122. The smallest absolute Gasteiger partial charge is 0.266 e. The van der Waals surface area contributed by atoms with E-state index in [-0.39, 0.29) is 5.91 Å². The zero-order valence-corrected chi connectivity index (χ0v) is 22.0. The number of benzene rings is 4. The fourth-order valence-electron chi connectivity index (χ4n) is 4.28. The Hall–Kier alpha value is -3.83. The van der Waals surface area contributed by atoms with E-state index in [0.717, 1.165) is 40.6 Å². The van der Waals surface area contributed by atoms with Crippen molar-refractivity contribution in [1.82, 2.24) is 4.90 Å². The highest BCUT2D eigenvalue weighted by atomic mass is 32.2. The van der Waals surface area contributed by atoms with Gasteiger partial charge in [0.15, 0.2) is 5.17 Å². The minimum atomic E-state index is -0.00633. The molecule has 5 rings (SSSR count). The van der Waals surface area contributed by atoms with Gasteiger partial charge in [0.1, 0.15) is 12.4 Å². The largest absolute Gasteiger partial charge is 0.488 e. The van der Waals surface area contributed by atoms with Crippen molar-refractivity contribution in [1.29, 1.82) is 0 Å². The zero-order valence-electron chi connectivity index (χ0n) is 21.2. The summed E-state index contributed by atoms with van der Waals surface area (Å²) in [4.78, 5) is 20.7. The Bertz CT molecular complexity index is 1470. The molecule has 1 heterocycles. The van der Waals surface area contributed by atoms with Crippen LogP contribution in [0, 0.1) is 6.92 Å². The minimum Gasteiger partial charge on any atom is -0.488 e. The molecule has 0 bridgehead atoms. The van der Waals surface area contributed by atoms with Crippen LogP contribution in [0.1, 0.15) is 36.5 Å². The van der Waals surface area contributed by atoms with Crippen molar-refractivity contribution < 1.29 is 9.53 Å². The SMILES string of the molecule is CCCCN1C(=O)/C(=C\c2ccccc2OCc2cccc3ccccc23)SC1=Nc1ccc(C)cc1. The number of aryl methyl sites for hydroxylation is 1. The number of hydrogen-bond donors (Lipinski definition) is 0. The zero-order chi connectivity index (χ0) is 25.6. The van der Waals surface area contributed by atoms with Crippen molar-refractivity contribution in [3.05, 3.63) is 113 Å². The average molecular weight is 507 g/mol. The maximum atomic E-state index is 13.4. The lowest BCUT2D eigenvalue weighted by Gasteiger charge is -2.15. The Morgan fingerprint density at radius 2 is 1.68 bits per heavy atom. The number of amidine groups is 1. The molecule has 0 unspecified atom stereocenters. The van der Waals surface area contributed by atoms with E-state index in [2.05, 4.69) is 44.2 Å². The summed E-state index contributed by atoms with van der Waals surface area (Å²) in [5.41, 5.74) is 4.04. The standard InChI is InChI=1S/C32H30N2O2S/c1-3-4-20-34-31(35)30(37-32(34)33-27-18-16-23(2)17-19-27)21-25-11-6-8-15-29(25)36-22-26-13-9-12-24-10-5-7-14-28(24)26/h5-19,21H,3-4,20,22H2,1-2H3/b30-21+,33-32?. The van der Waals surface area contributed by atoms with Crippen molar-refractivity contribution in [2.24, 2.45) is 4.99 Å². The van der Waals surface area contributed by atoms with Crippen LogP contribution in [-0.2, 0) is 11.4 Å². The van der Waals surface area contributed by atoms with Crippen molar-refractivity contribution in [3.63, 3.8) is 0 Å². The molecule has 1 amide bonds. The van der Waals surface area contributed by atoms with Gasteiger partial charge in [-0.25, -0.2) is 4.99 Å². The van der Waals surface area contributed by atoms with Crippen LogP contribution in [0.15, 0.2) is 101 Å². The van der Waals surface area contributed by atoms with E-state index in [1.54, 1.807) is 4.90 Å². The van der Waals surface area contributed by atoms with Crippen LogP contribution in [0.2, 0.25) is 0 Å². The van der Waals surface area contributed by atoms with Crippen molar-refractivity contribution >= 4 is 45.4 Å². The third-order valence-electron chi connectivity index (χ3n) is 6.35. The van der Waals surface area contributed by atoms with Crippen molar-refractivity contribution in [2.75, 3.05) is 6.54 Å². The second-order valence-corrected chi connectivity index (χ2v) is 10.1. The quantitative estimate of drug-likeness (QED) is 0.227. The summed E-state index contributed by atoms with van der Waals surface area (Å²) in [6.07, 6.45) is 3.87. The summed E-state index contributed by atoms with van der Waals surface area (Å²) >= 11 is 1.43. The molecular weight excluding hydrogens is 476 g/mol. The second-order valence-electron chi connectivity index (χ2n) is 9.12. The molecule has 186 valence electrons. The van der Waals surface area contributed by atoms with Gasteiger partial charge >= 0.3 is 0 Å². The van der Waals surface area contributed by atoms with Crippen LogP contribution in [0.3, 0.4) is 0 Å². The monoisotopic (exact) mass is 506 g/mol. The van der Waals surface area contributed by atoms with Crippen LogP contribution in [0.5, 0.6) is 5.75 Å². The highest BCUT2D eigenvalue weighted by Crippen LogP contribution is 2.36. The van der Waals surface area contributed by atoms with Gasteiger partial charge in [0, 0.05) is 12.1 Å². The fraction of sp³-hybridized carbons (Fsp3) is 0.188. The molecule has 0 aliphatic carbocycles. The van der Waals surface area contributed by atoms with Crippen LogP contribution in [-0.4, -0.2) is 22.5 Å². The average Bonchev–Trinajstić information content (AvgIpc) is 3.21. The number of para-hydroxylation sites is 1. The number of unbranched alkanes of at least 4 members (excludes halogenated alkanes) is 1. The Balaban J connectivity index is 1.41. The molecular formula is C32H30N2O2S. The molecule has 0 radical (unpaired) electrons. The van der Waals surface area contributed by atoms with Gasteiger partial charge in [0.05, 0.1) is 10.6 Å². The number of thioether (sulfide) groups is 1. The highest BCUT2D eigenvalue weighted by molar-refractivity contribution is 8.18. The predicted molar refractivity (Wildman–Crippen MR) is 155 cm³/mol. The van der Waals surface area contributed by atoms with E-state index in [1.165, 1.54) is 28.1 Å². The first-order valence-electron chi connectivity index (χ1n) is 12.7. The van der Waals surface area contributed by atoms with Gasteiger partial charge in [-0.2, -0.15) is 0 Å². The van der Waals surface area contributed by atoms with Gasteiger partial charge in [-0.05, 0) is 65.7 Å². The Morgan fingerprint density at radius 3 is 2.51 bits per heavy atom. The number of nitrogens with zero attached hydrogens (tertiary/aromatic N) is 2. The lowest BCUT2D eigenvalue weighted by atomic mass is 10.1. The minimum absolute atomic E-state index is 0.00633. The van der Waals surface area contributed by atoms with Crippen LogP contribution in [0.25, 0.3) is 16.8 Å². The number of amides is 1. The van der Waals surface area contributed by atoms with Crippen molar-refractivity contribution in [3.8, 4) is 5.75 Å². The van der Waals surface area contributed by atoms with Gasteiger partial charge in [-0.15, -0.1) is 0 Å². The lowest BCUT2D eigenvalue weighted by Crippen LogP contribution is -2.30. The second kappa shape index (κ2) is 11.5. The number of hydrogen-bond acceptors (Lipinski definition) is 4. The molecule has 0 spiro atoms. The van der Waals surface area contributed by atoms with Gasteiger partial charge < -0.3 is 4.74 Å². The van der Waals surface area contributed by atoms with Crippen LogP contribution >= 0.6 is 11.8 Å². The molecule has 37 heavy (non-hydrogen) atoms. The molecule has 4 aromatic carbocycles. The summed E-state index contributed by atoms with van der Waals surface area (Å²) < 4.78 is 6.29. The Labute approximate surface area is 222 Å². The first-order chi connectivity index (χ1) is 18.1. The number of carbonyl (C=O) groups is 1. The number of carbonyl (C=O) groups excluding carboxylic acids is 1. The number of ether oxygens (including phenoxy) is 1. The highest BCUT2D eigenvalue weighted by Gasteiger charge is 2.33. The van der Waals surface area contributed by atoms with E-state index < -0.39 is 0 Å². The van der Waals surface area contributed by atoms with E-state index >= 15 is 0 Å². The summed E-state index contributed by atoms with van der Waals surface area (Å²) in [5.74, 6) is 0.744. The third kappa shape index (κ3) is 5.78. The molecule has 0 atom stereocenters. The molecule has 0 N–H and O–H groups in total. The summed E-state index contributed by atoms with van der Waals surface area (Å²) in [6, 6.07) is 30.5. The summed E-state index contributed by atoms with van der Waals surface area (Å²) in [7, 11) is 0. The molecule has 0 aromatic heterocycles. The maximum absolute atomic E-state index is 13.4. The molecule has 0 saturated carbocycles. The van der Waals surface area contributed by atoms with E-state index in [1.807, 2.05) is 66.7 Å². The molecule has 4 aromatic rings. The van der Waals surface area contributed by atoms with Crippen molar-refractivity contribution in [2.45, 2.75) is 33.3 Å². The van der Waals surface area contributed by atoms with E-state index in [9.17, 15) is 4.79 Å². The normalized spacial score (nSPS) is 15.7. The molecule has 1 saturated heterocycles. The molecule has 1 fully saturated rings. The fourth-order valence-corrected chi connectivity index (χ4v) is 5.30. The van der Waals surface area contributed by atoms with Crippen LogP contribution in [0.4, 0.5) is 5.69 Å². The molecule has 1 aliphatic heterocycles. The van der Waals surface area contributed by atoms with E-state index in [0.29, 0.717) is 18.1 Å². The van der Waals surface area contributed by atoms with Crippen LogP contribution < -0.4 is 4.74 Å². The number of aliphatic imine (C=N–C) groups is 1. The first kappa shape index (κ1) is 24.8. The molecule has 5 heteroatoms. The van der Waals surface area contributed by atoms with Gasteiger partial charge in [-0.1, -0.05) is 91.7 Å². The van der Waals surface area contributed by atoms with Gasteiger partial charge in [0.2, 0.25) is 0 Å². The van der Waals surface area contributed by atoms with E-state index in [4.69, 9.17) is 9.73 Å². The Morgan fingerprint density at radius 1 is 0.919 bits per heavy atom. The summed E-state index contributed by atoms with van der Waals surface area (Å²) in [6.45, 7) is 5.29. The Kier molecular flexibility index (Phi) is 7.71. The molecule has 1 aliphatic rings.